The molecule has 1 atom stereocenters. The summed E-state index contributed by atoms with van der Waals surface area (Å²) in [5.74, 6) is 0.770. The van der Waals surface area contributed by atoms with Crippen LogP contribution in [0.15, 0.2) is 11.5 Å². The fraction of sp³-hybridized carbons (Fsp3) is 0.800. The van der Waals surface area contributed by atoms with Gasteiger partial charge in [-0.15, -0.1) is 12.6 Å². The van der Waals surface area contributed by atoms with Crippen LogP contribution in [-0.2, 0) is 0 Å². The van der Waals surface area contributed by atoms with E-state index in [0.717, 1.165) is 17.2 Å². The van der Waals surface area contributed by atoms with Gasteiger partial charge in [0.25, 0.3) is 0 Å². The molecule has 0 bridgehead atoms. The van der Waals surface area contributed by atoms with Crippen molar-refractivity contribution in [3.05, 3.63) is 11.5 Å². The van der Waals surface area contributed by atoms with Crippen LogP contribution in [0.4, 0.5) is 0 Å². The van der Waals surface area contributed by atoms with Crippen LogP contribution in [0.2, 0.25) is 0 Å². The van der Waals surface area contributed by atoms with Gasteiger partial charge in [0.15, 0.2) is 0 Å². The smallest absolute Gasteiger partial charge is 0.0201 e. The quantitative estimate of drug-likeness (QED) is 0.454. The lowest BCUT2D eigenvalue weighted by atomic mass is 10.0. The molecule has 0 aromatic rings. The van der Waals surface area contributed by atoms with E-state index in [1.54, 1.807) is 0 Å². The summed E-state index contributed by atoms with van der Waals surface area (Å²) in [5.41, 5.74) is 0. The predicted octanol–water partition coefficient (Wildman–Crippen LogP) is 4.04. The molecule has 0 aromatic heterocycles. The van der Waals surface area contributed by atoms with Gasteiger partial charge in [0.05, 0.1) is 0 Å². The van der Waals surface area contributed by atoms with E-state index in [1.807, 2.05) is 0 Å². The largest absolute Gasteiger partial charge is 0.148 e. The SMILES string of the molecule is C=C(S)CC(C)CCCCC. The molecule has 0 aromatic carbocycles. The van der Waals surface area contributed by atoms with Gasteiger partial charge >= 0.3 is 0 Å². The minimum Gasteiger partial charge on any atom is -0.148 e. The lowest BCUT2D eigenvalue weighted by Crippen LogP contribution is -1.93. The number of thiol groups is 1. The zero-order chi connectivity index (χ0) is 8.69. The summed E-state index contributed by atoms with van der Waals surface area (Å²) >= 11 is 4.19. The predicted molar refractivity (Wildman–Crippen MR) is 56.0 cm³/mol. The van der Waals surface area contributed by atoms with Gasteiger partial charge in [-0.3, -0.25) is 0 Å². The Balaban J connectivity index is 3.22. The van der Waals surface area contributed by atoms with Gasteiger partial charge in [-0.05, 0) is 17.2 Å². The first-order valence-corrected chi connectivity index (χ1v) is 4.98. The lowest BCUT2D eigenvalue weighted by molar-refractivity contribution is 0.499. The van der Waals surface area contributed by atoms with E-state index in [9.17, 15) is 0 Å². The van der Waals surface area contributed by atoms with Crippen LogP contribution >= 0.6 is 12.6 Å². The van der Waals surface area contributed by atoms with Gasteiger partial charge in [-0.25, -0.2) is 0 Å². The van der Waals surface area contributed by atoms with Crippen molar-refractivity contribution in [1.29, 1.82) is 0 Å². The molecule has 0 amide bonds. The summed E-state index contributed by atoms with van der Waals surface area (Å²) in [6, 6.07) is 0. The molecule has 66 valence electrons. The summed E-state index contributed by atoms with van der Waals surface area (Å²) in [5, 5.41) is 0. The molecular weight excluding hydrogens is 152 g/mol. The summed E-state index contributed by atoms with van der Waals surface area (Å²) in [6.07, 6.45) is 6.44. The van der Waals surface area contributed by atoms with Gasteiger partial charge in [-0.1, -0.05) is 46.1 Å². The minimum absolute atomic E-state index is 0.770. The Morgan fingerprint density at radius 3 is 2.55 bits per heavy atom. The van der Waals surface area contributed by atoms with Crippen LogP contribution in [0.25, 0.3) is 0 Å². The van der Waals surface area contributed by atoms with E-state index >= 15 is 0 Å². The third-order valence-electron chi connectivity index (χ3n) is 1.88. The van der Waals surface area contributed by atoms with Crippen LogP contribution in [0, 0.1) is 5.92 Å². The zero-order valence-corrected chi connectivity index (χ0v) is 8.66. The second-order valence-electron chi connectivity index (χ2n) is 3.37. The molecule has 1 heteroatoms. The molecule has 0 radical (unpaired) electrons. The van der Waals surface area contributed by atoms with Crippen LogP contribution < -0.4 is 0 Å². The molecule has 0 fully saturated rings. The number of hydrogen-bond acceptors (Lipinski definition) is 1. The number of allylic oxidation sites excluding steroid dienone is 1. The Morgan fingerprint density at radius 2 is 2.09 bits per heavy atom. The van der Waals surface area contributed by atoms with Gasteiger partial charge in [0.1, 0.15) is 0 Å². The monoisotopic (exact) mass is 172 g/mol. The standard InChI is InChI=1S/C10H20S/c1-4-5-6-7-9(2)8-10(3)11/h9,11H,3-8H2,1-2H3. The normalized spacial score (nSPS) is 13.0. The first-order chi connectivity index (χ1) is 5.16. The molecule has 0 rings (SSSR count). The number of unbranched alkanes of at least 4 members (excludes halogenated alkanes) is 2. The summed E-state index contributed by atoms with van der Waals surface area (Å²) in [7, 11) is 0. The minimum atomic E-state index is 0.770. The summed E-state index contributed by atoms with van der Waals surface area (Å²) < 4.78 is 0. The van der Waals surface area contributed by atoms with E-state index in [0.29, 0.717) is 0 Å². The number of rotatable bonds is 6. The van der Waals surface area contributed by atoms with Gasteiger partial charge in [-0.2, -0.15) is 0 Å². The highest BCUT2D eigenvalue weighted by atomic mass is 32.1. The van der Waals surface area contributed by atoms with Crippen molar-refractivity contribution in [2.75, 3.05) is 0 Å². The topological polar surface area (TPSA) is 0 Å². The van der Waals surface area contributed by atoms with E-state index in [4.69, 9.17) is 0 Å². The van der Waals surface area contributed by atoms with Gasteiger partial charge < -0.3 is 0 Å². The van der Waals surface area contributed by atoms with Crippen LogP contribution in [0.3, 0.4) is 0 Å². The molecule has 0 aliphatic heterocycles. The van der Waals surface area contributed by atoms with Crippen molar-refractivity contribution < 1.29 is 0 Å². The maximum Gasteiger partial charge on any atom is -0.0201 e. The van der Waals surface area contributed by atoms with E-state index in [1.165, 1.54) is 25.7 Å². The van der Waals surface area contributed by atoms with Crippen molar-refractivity contribution in [1.82, 2.24) is 0 Å². The Bertz CT molecular complexity index is 107. The van der Waals surface area contributed by atoms with Crippen molar-refractivity contribution >= 4 is 12.6 Å². The fourth-order valence-electron chi connectivity index (χ4n) is 1.25. The lowest BCUT2D eigenvalue weighted by Gasteiger charge is -2.09. The Morgan fingerprint density at radius 1 is 1.45 bits per heavy atom. The molecule has 0 N–H and O–H groups in total. The Kier molecular flexibility index (Phi) is 6.83. The van der Waals surface area contributed by atoms with Crippen molar-refractivity contribution in [2.24, 2.45) is 5.92 Å². The maximum atomic E-state index is 4.19. The molecular formula is C10H20S. The highest BCUT2D eigenvalue weighted by molar-refractivity contribution is 7.84. The molecule has 1 unspecified atom stereocenters. The molecule has 0 nitrogen and oxygen atoms in total. The molecule has 0 saturated carbocycles. The van der Waals surface area contributed by atoms with E-state index in [2.05, 4.69) is 33.1 Å². The molecule has 0 heterocycles. The Hall–Kier alpha value is 0.0900. The van der Waals surface area contributed by atoms with E-state index in [-0.39, 0.29) is 0 Å². The first kappa shape index (κ1) is 11.1. The average molecular weight is 172 g/mol. The third-order valence-corrected chi connectivity index (χ3v) is 2.07. The second-order valence-corrected chi connectivity index (χ2v) is 4.00. The highest BCUT2D eigenvalue weighted by Crippen LogP contribution is 2.18. The summed E-state index contributed by atoms with van der Waals surface area (Å²) in [4.78, 5) is 1.02. The second kappa shape index (κ2) is 6.78. The summed E-state index contributed by atoms with van der Waals surface area (Å²) in [6.45, 7) is 8.30. The molecule has 0 saturated heterocycles. The van der Waals surface area contributed by atoms with Gasteiger partial charge in [0, 0.05) is 0 Å². The van der Waals surface area contributed by atoms with Crippen molar-refractivity contribution in [2.45, 2.75) is 46.0 Å². The first-order valence-electron chi connectivity index (χ1n) is 4.53. The molecule has 0 spiro atoms. The Labute approximate surface area is 76.5 Å². The van der Waals surface area contributed by atoms with Crippen molar-refractivity contribution in [3.63, 3.8) is 0 Å². The van der Waals surface area contributed by atoms with Crippen LogP contribution in [0.5, 0.6) is 0 Å². The fourth-order valence-corrected chi connectivity index (χ4v) is 1.56. The van der Waals surface area contributed by atoms with Gasteiger partial charge in [0.2, 0.25) is 0 Å². The average Bonchev–Trinajstić information content (AvgIpc) is 1.86. The highest BCUT2D eigenvalue weighted by Gasteiger charge is 2.01. The van der Waals surface area contributed by atoms with Crippen molar-refractivity contribution in [3.8, 4) is 0 Å². The third kappa shape index (κ3) is 7.99. The molecule has 11 heavy (non-hydrogen) atoms. The van der Waals surface area contributed by atoms with Crippen LogP contribution in [0.1, 0.15) is 46.0 Å². The van der Waals surface area contributed by atoms with Crippen LogP contribution in [-0.4, -0.2) is 0 Å². The maximum absolute atomic E-state index is 4.19. The zero-order valence-electron chi connectivity index (χ0n) is 7.77. The number of hydrogen-bond donors (Lipinski definition) is 1. The van der Waals surface area contributed by atoms with E-state index < -0.39 is 0 Å². The molecule has 0 aliphatic rings. The molecule has 0 aliphatic carbocycles.